The molecule has 0 aromatic rings. The van der Waals surface area contributed by atoms with Crippen LogP contribution in [0.4, 0.5) is 0 Å². The summed E-state index contributed by atoms with van der Waals surface area (Å²) in [6.07, 6.45) is 5.37. The molecule has 1 saturated heterocycles. The molecule has 0 radical (unpaired) electrons. The van der Waals surface area contributed by atoms with Crippen LogP contribution in [0.5, 0.6) is 0 Å². The first-order valence-corrected chi connectivity index (χ1v) is 6.15. The monoisotopic (exact) mass is 214 g/mol. The maximum absolute atomic E-state index is 9.98. The SMILES string of the molecule is CCOCC(O)C1CCOC2(CCC2)C1. The molecular weight excluding hydrogens is 192 g/mol. The molecule has 1 N–H and O–H groups in total. The molecule has 2 atom stereocenters. The van der Waals surface area contributed by atoms with Gasteiger partial charge in [-0.1, -0.05) is 0 Å². The largest absolute Gasteiger partial charge is 0.390 e. The van der Waals surface area contributed by atoms with E-state index in [2.05, 4.69) is 0 Å². The molecular formula is C12H22O3. The van der Waals surface area contributed by atoms with Crippen molar-refractivity contribution in [1.82, 2.24) is 0 Å². The lowest BCUT2D eigenvalue weighted by Gasteiger charge is -2.48. The molecule has 15 heavy (non-hydrogen) atoms. The quantitative estimate of drug-likeness (QED) is 0.774. The van der Waals surface area contributed by atoms with Gasteiger partial charge in [-0.25, -0.2) is 0 Å². The Morgan fingerprint density at radius 1 is 1.53 bits per heavy atom. The van der Waals surface area contributed by atoms with Crippen LogP contribution >= 0.6 is 0 Å². The smallest absolute Gasteiger partial charge is 0.0803 e. The summed E-state index contributed by atoms with van der Waals surface area (Å²) < 4.78 is 11.1. The molecule has 88 valence electrons. The van der Waals surface area contributed by atoms with Crippen molar-refractivity contribution >= 4 is 0 Å². The summed E-state index contributed by atoms with van der Waals surface area (Å²) in [7, 11) is 0. The average molecular weight is 214 g/mol. The Kier molecular flexibility index (Phi) is 3.65. The third-order valence-electron chi connectivity index (χ3n) is 3.83. The zero-order valence-electron chi connectivity index (χ0n) is 9.58. The molecule has 2 unspecified atom stereocenters. The molecule has 0 bridgehead atoms. The van der Waals surface area contributed by atoms with Crippen LogP contribution < -0.4 is 0 Å². The van der Waals surface area contributed by atoms with Crippen LogP contribution in [0.3, 0.4) is 0 Å². The van der Waals surface area contributed by atoms with Crippen molar-refractivity contribution in [2.75, 3.05) is 19.8 Å². The van der Waals surface area contributed by atoms with E-state index in [1.54, 1.807) is 0 Å². The van der Waals surface area contributed by atoms with Gasteiger partial charge in [0.05, 0.1) is 18.3 Å². The standard InChI is InChI=1S/C12H22O3/c1-2-14-9-11(13)10-4-7-15-12(8-10)5-3-6-12/h10-11,13H,2-9H2,1H3. The van der Waals surface area contributed by atoms with E-state index < -0.39 is 0 Å². The average Bonchev–Trinajstić information content (AvgIpc) is 2.24. The summed E-state index contributed by atoms with van der Waals surface area (Å²) in [5, 5.41) is 9.98. The van der Waals surface area contributed by atoms with Gasteiger partial charge >= 0.3 is 0 Å². The number of hydrogen-bond acceptors (Lipinski definition) is 3. The van der Waals surface area contributed by atoms with E-state index in [1.165, 1.54) is 19.3 Å². The Balaban J connectivity index is 1.81. The molecule has 2 fully saturated rings. The van der Waals surface area contributed by atoms with E-state index in [0.29, 0.717) is 19.1 Å². The fraction of sp³-hybridized carbons (Fsp3) is 1.00. The summed E-state index contributed by atoms with van der Waals surface area (Å²) in [5.41, 5.74) is 0.135. The Hall–Kier alpha value is -0.120. The van der Waals surface area contributed by atoms with E-state index in [1.807, 2.05) is 6.92 Å². The number of hydrogen-bond donors (Lipinski definition) is 1. The highest BCUT2D eigenvalue weighted by atomic mass is 16.5. The van der Waals surface area contributed by atoms with Crippen LogP contribution in [0.25, 0.3) is 0 Å². The summed E-state index contributed by atoms with van der Waals surface area (Å²) in [6.45, 7) is 3.95. The zero-order chi connectivity index (χ0) is 10.7. The van der Waals surface area contributed by atoms with Gasteiger partial charge in [0.2, 0.25) is 0 Å². The lowest BCUT2D eigenvalue weighted by atomic mass is 9.71. The topological polar surface area (TPSA) is 38.7 Å². The second kappa shape index (κ2) is 4.81. The number of rotatable bonds is 4. The third-order valence-corrected chi connectivity index (χ3v) is 3.83. The van der Waals surface area contributed by atoms with Crippen LogP contribution in [0, 0.1) is 5.92 Å². The Bertz CT molecular complexity index is 201. The van der Waals surface area contributed by atoms with Crippen molar-refractivity contribution in [3.63, 3.8) is 0 Å². The first kappa shape index (κ1) is 11.4. The van der Waals surface area contributed by atoms with Gasteiger partial charge < -0.3 is 14.6 Å². The van der Waals surface area contributed by atoms with Crippen molar-refractivity contribution in [2.45, 2.75) is 50.7 Å². The predicted molar refractivity (Wildman–Crippen MR) is 57.8 cm³/mol. The maximum atomic E-state index is 9.98. The highest BCUT2D eigenvalue weighted by Gasteiger charge is 2.43. The Morgan fingerprint density at radius 3 is 2.93 bits per heavy atom. The predicted octanol–water partition coefficient (Wildman–Crippen LogP) is 1.73. The third kappa shape index (κ3) is 2.52. The van der Waals surface area contributed by atoms with Gasteiger partial charge in [-0.15, -0.1) is 0 Å². The molecule has 3 heteroatoms. The van der Waals surface area contributed by atoms with E-state index in [9.17, 15) is 5.11 Å². The fourth-order valence-electron chi connectivity index (χ4n) is 2.69. The maximum Gasteiger partial charge on any atom is 0.0803 e. The first-order chi connectivity index (χ1) is 7.26. The molecule has 3 nitrogen and oxygen atoms in total. The van der Waals surface area contributed by atoms with Crippen LogP contribution in [-0.2, 0) is 9.47 Å². The molecule has 0 amide bonds. The van der Waals surface area contributed by atoms with E-state index in [-0.39, 0.29) is 11.7 Å². The van der Waals surface area contributed by atoms with Crippen LogP contribution in [0.1, 0.15) is 39.0 Å². The molecule has 0 aromatic heterocycles. The van der Waals surface area contributed by atoms with Gasteiger partial charge in [0.15, 0.2) is 0 Å². The van der Waals surface area contributed by atoms with E-state index >= 15 is 0 Å². The molecule has 1 aliphatic heterocycles. The van der Waals surface area contributed by atoms with Crippen molar-refractivity contribution < 1.29 is 14.6 Å². The lowest BCUT2D eigenvalue weighted by molar-refractivity contribution is -0.161. The highest BCUT2D eigenvalue weighted by molar-refractivity contribution is 4.95. The van der Waals surface area contributed by atoms with Crippen LogP contribution in [0.15, 0.2) is 0 Å². The molecule has 1 aliphatic carbocycles. The second-order valence-electron chi connectivity index (χ2n) is 4.86. The van der Waals surface area contributed by atoms with Gasteiger partial charge in [0.1, 0.15) is 0 Å². The number of ether oxygens (including phenoxy) is 2. The Labute approximate surface area is 91.8 Å². The number of aliphatic hydroxyl groups excluding tert-OH is 1. The molecule has 1 saturated carbocycles. The van der Waals surface area contributed by atoms with Gasteiger partial charge in [-0.05, 0) is 44.9 Å². The molecule has 1 spiro atoms. The lowest BCUT2D eigenvalue weighted by Crippen LogP contribution is -2.48. The molecule has 2 rings (SSSR count). The molecule has 2 aliphatic rings. The minimum Gasteiger partial charge on any atom is -0.390 e. The minimum absolute atomic E-state index is 0.135. The molecule has 0 aromatic carbocycles. The summed E-state index contributed by atoms with van der Waals surface area (Å²) in [4.78, 5) is 0. The van der Waals surface area contributed by atoms with E-state index in [4.69, 9.17) is 9.47 Å². The number of aliphatic hydroxyl groups is 1. The first-order valence-electron chi connectivity index (χ1n) is 6.15. The Morgan fingerprint density at radius 2 is 2.33 bits per heavy atom. The fourth-order valence-corrected chi connectivity index (χ4v) is 2.69. The van der Waals surface area contributed by atoms with Gasteiger partial charge in [-0.3, -0.25) is 0 Å². The zero-order valence-corrected chi connectivity index (χ0v) is 9.58. The minimum atomic E-state index is -0.300. The summed E-state index contributed by atoms with van der Waals surface area (Å²) in [5.74, 6) is 0.380. The van der Waals surface area contributed by atoms with E-state index in [0.717, 1.165) is 19.4 Å². The van der Waals surface area contributed by atoms with Crippen molar-refractivity contribution in [2.24, 2.45) is 5.92 Å². The van der Waals surface area contributed by atoms with Crippen molar-refractivity contribution in [1.29, 1.82) is 0 Å². The normalized spacial score (nSPS) is 31.2. The summed E-state index contributed by atoms with van der Waals surface area (Å²) >= 11 is 0. The van der Waals surface area contributed by atoms with Crippen molar-refractivity contribution in [3.8, 4) is 0 Å². The second-order valence-corrected chi connectivity index (χ2v) is 4.86. The van der Waals surface area contributed by atoms with Crippen molar-refractivity contribution in [3.05, 3.63) is 0 Å². The van der Waals surface area contributed by atoms with Gasteiger partial charge in [-0.2, -0.15) is 0 Å². The van der Waals surface area contributed by atoms with Crippen LogP contribution in [0.2, 0.25) is 0 Å². The molecule has 1 heterocycles. The van der Waals surface area contributed by atoms with Gasteiger partial charge in [0, 0.05) is 13.2 Å². The van der Waals surface area contributed by atoms with Gasteiger partial charge in [0.25, 0.3) is 0 Å². The van der Waals surface area contributed by atoms with Crippen LogP contribution in [-0.4, -0.2) is 36.6 Å². The highest BCUT2D eigenvalue weighted by Crippen LogP contribution is 2.44. The summed E-state index contributed by atoms with van der Waals surface area (Å²) in [6, 6.07) is 0.